The third-order valence-electron chi connectivity index (χ3n) is 8.02. The maximum absolute atomic E-state index is 12.7. The molecule has 0 aliphatic carbocycles. The van der Waals surface area contributed by atoms with E-state index in [0.717, 1.165) is 38.5 Å². The van der Waals surface area contributed by atoms with E-state index in [-0.39, 0.29) is 49.5 Å². The lowest BCUT2D eigenvalue weighted by atomic mass is 10.1. The predicted molar refractivity (Wildman–Crippen MR) is 221 cm³/mol. The van der Waals surface area contributed by atoms with E-state index in [1.54, 1.807) is 21.1 Å². The van der Waals surface area contributed by atoms with Crippen LogP contribution < -0.4 is 5.11 Å². The lowest BCUT2D eigenvalue weighted by molar-refractivity contribution is -0.889. The number of likely N-dealkylation sites (N-methyl/N-ethyl adjacent to an activating group) is 1. The zero-order chi connectivity index (χ0) is 40.0. The van der Waals surface area contributed by atoms with Crippen LogP contribution in [0.4, 0.5) is 0 Å². The van der Waals surface area contributed by atoms with Gasteiger partial charge in [-0.3, -0.25) is 9.59 Å². The first kappa shape index (κ1) is 50.0. The summed E-state index contributed by atoms with van der Waals surface area (Å²) in [7, 11) is 5.34. The van der Waals surface area contributed by atoms with Gasteiger partial charge in [-0.15, -0.1) is 0 Å². The molecule has 0 bridgehead atoms. The molecule has 0 radical (unpaired) electrons. The number of allylic oxidation sites excluding steroid dienone is 18. The summed E-state index contributed by atoms with van der Waals surface area (Å²) in [5.74, 6) is -1.93. The lowest BCUT2D eigenvalue weighted by Gasteiger charge is -2.34. The monoisotopic (exact) mass is 750 g/mol. The minimum atomic E-state index is -1.15. The maximum Gasteiger partial charge on any atom is 0.306 e. The Kier molecular flexibility index (Phi) is 33.3. The molecule has 302 valence electrons. The molecule has 2 atom stereocenters. The van der Waals surface area contributed by atoms with Crippen LogP contribution in [0.15, 0.2) is 109 Å². The molecule has 0 spiro atoms. The fraction of sp³-hybridized carbons (Fsp3) is 0.543. The molecule has 2 unspecified atom stereocenters. The Labute approximate surface area is 328 Å². The molecular weight excluding hydrogens is 679 g/mol. The highest BCUT2D eigenvalue weighted by molar-refractivity contribution is 5.70. The van der Waals surface area contributed by atoms with Crippen molar-refractivity contribution in [3.63, 3.8) is 0 Å². The van der Waals surface area contributed by atoms with Gasteiger partial charge >= 0.3 is 11.9 Å². The molecule has 0 aromatic rings. The van der Waals surface area contributed by atoms with Crippen molar-refractivity contribution in [1.29, 1.82) is 0 Å². The molecule has 8 heteroatoms. The third kappa shape index (κ3) is 33.8. The van der Waals surface area contributed by atoms with Crippen LogP contribution in [-0.4, -0.2) is 75.5 Å². The zero-order valence-electron chi connectivity index (χ0n) is 34.1. The molecule has 8 nitrogen and oxygen atoms in total. The highest BCUT2D eigenvalue weighted by Gasteiger charge is 2.25. The first-order chi connectivity index (χ1) is 26.1. The number of carbonyl (C=O) groups excluding carboxylic acids is 3. The number of carboxylic acids is 1. The molecule has 0 heterocycles. The van der Waals surface area contributed by atoms with E-state index in [2.05, 4.69) is 68.5 Å². The molecule has 0 amide bonds. The molecule has 0 saturated carbocycles. The number of nitrogens with zero attached hydrogens (tertiary/aromatic N) is 1. The second-order valence-corrected chi connectivity index (χ2v) is 13.9. The van der Waals surface area contributed by atoms with E-state index in [4.69, 9.17) is 14.2 Å². The highest BCUT2D eigenvalue weighted by Crippen LogP contribution is 2.10. The Morgan fingerprint density at radius 3 is 1.63 bits per heavy atom. The number of unbranched alkanes of at least 4 members (excludes halogenated alkanes) is 5. The van der Waals surface area contributed by atoms with Crippen molar-refractivity contribution < 1.29 is 38.2 Å². The standard InChI is InChI=1S/C46H71NO7/c1-6-8-10-12-14-16-18-20-21-22-23-25-27-29-31-33-35-37-45(49)54-42(40-52-39-38-43(46(50)51)47(3,4)5)41-53-44(48)36-34-32-30-28-26-24-19-17-15-13-11-9-7-2/h9,11,13-17,19-21,23-26,28-31,42-43H,6-8,10,12,18,22,27,32-41H2,1-5H3/b11-9+,15-13+,16-14+,19-17+,21-20+,25-23+,26-24+,30-28+,31-29+. The summed E-state index contributed by atoms with van der Waals surface area (Å²) in [5, 5.41) is 11.6. The molecule has 0 rings (SSSR count). The summed E-state index contributed by atoms with van der Waals surface area (Å²) >= 11 is 0. The maximum atomic E-state index is 12.7. The van der Waals surface area contributed by atoms with E-state index < -0.39 is 24.1 Å². The van der Waals surface area contributed by atoms with Gasteiger partial charge < -0.3 is 28.6 Å². The number of ether oxygens (including phenoxy) is 3. The van der Waals surface area contributed by atoms with Gasteiger partial charge in [0.15, 0.2) is 6.10 Å². The van der Waals surface area contributed by atoms with Gasteiger partial charge in [-0.25, -0.2) is 0 Å². The minimum absolute atomic E-state index is 0.0120. The Hall–Kier alpha value is -4.01. The van der Waals surface area contributed by atoms with Gasteiger partial charge in [-0.2, -0.15) is 0 Å². The topological polar surface area (TPSA) is 102 Å². The highest BCUT2D eigenvalue weighted by atomic mass is 16.6. The van der Waals surface area contributed by atoms with Crippen molar-refractivity contribution >= 4 is 17.9 Å². The van der Waals surface area contributed by atoms with Crippen molar-refractivity contribution in [3.05, 3.63) is 109 Å². The summed E-state index contributed by atoms with van der Waals surface area (Å²) in [4.78, 5) is 36.7. The van der Waals surface area contributed by atoms with Crippen LogP contribution in [0.5, 0.6) is 0 Å². The number of hydrogen-bond donors (Lipinski definition) is 0. The Morgan fingerprint density at radius 1 is 0.593 bits per heavy atom. The van der Waals surface area contributed by atoms with Crippen LogP contribution >= 0.6 is 0 Å². The van der Waals surface area contributed by atoms with Crippen LogP contribution in [0.3, 0.4) is 0 Å². The molecular formula is C46H71NO7. The number of quaternary nitrogens is 1. The molecule has 0 aromatic heterocycles. The normalized spacial score (nSPS) is 14.2. The Morgan fingerprint density at radius 2 is 1.09 bits per heavy atom. The van der Waals surface area contributed by atoms with Crippen molar-refractivity contribution in [1.82, 2.24) is 0 Å². The molecule has 0 fully saturated rings. The van der Waals surface area contributed by atoms with E-state index in [1.165, 1.54) is 25.7 Å². The molecule has 54 heavy (non-hydrogen) atoms. The third-order valence-corrected chi connectivity index (χ3v) is 8.02. The summed E-state index contributed by atoms with van der Waals surface area (Å²) < 4.78 is 17.0. The van der Waals surface area contributed by atoms with Gasteiger partial charge in [0.25, 0.3) is 0 Å². The van der Waals surface area contributed by atoms with Crippen LogP contribution in [0, 0.1) is 0 Å². The molecule has 0 N–H and O–H groups in total. The fourth-order valence-corrected chi connectivity index (χ4v) is 4.91. The first-order valence-electron chi connectivity index (χ1n) is 20.0. The van der Waals surface area contributed by atoms with Gasteiger partial charge in [-0.1, -0.05) is 136 Å². The van der Waals surface area contributed by atoms with E-state index in [1.807, 2.05) is 54.7 Å². The zero-order valence-corrected chi connectivity index (χ0v) is 34.1. The van der Waals surface area contributed by atoms with Gasteiger partial charge in [0.1, 0.15) is 12.6 Å². The van der Waals surface area contributed by atoms with Crippen molar-refractivity contribution in [3.8, 4) is 0 Å². The predicted octanol–water partition coefficient (Wildman–Crippen LogP) is 9.18. The summed E-state index contributed by atoms with van der Waals surface area (Å²) in [5.41, 5.74) is 0. The van der Waals surface area contributed by atoms with Crippen molar-refractivity contribution in [2.45, 2.75) is 122 Å². The lowest BCUT2D eigenvalue weighted by Crippen LogP contribution is -2.55. The van der Waals surface area contributed by atoms with Gasteiger partial charge in [-0.05, 0) is 64.2 Å². The van der Waals surface area contributed by atoms with E-state index in [0.29, 0.717) is 12.8 Å². The quantitative estimate of drug-likeness (QED) is 0.0217. The summed E-state index contributed by atoms with van der Waals surface area (Å²) in [6.07, 6.45) is 48.5. The van der Waals surface area contributed by atoms with Gasteiger partial charge in [0, 0.05) is 19.3 Å². The second kappa shape index (κ2) is 36.0. The Balaban J connectivity index is 4.64. The molecule has 0 saturated heterocycles. The number of esters is 2. The van der Waals surface area contributed by atoms with E-state index in [9.17, 15) is 19.5 Å². The van der Waals surface area contributed by atoms with Gasteiger partial charge in [0.2, 0.25) is 0 Å². The molecule has 0 aromatic carbocycles. The molecule has 0 aliphatic rings. The number of carbonyl (C=O) groups is 3. The molecule has 0 aliphatic heterocycles. The van der Waals surface area contributed by atoms with Crippen LogP contribution in [0.1, 0.15) is 110 Å². The minimum Gasteiger partial charge on any atom is -0.544 e. The summed E-state index contributed by atoms with van der Waals surface area (Å²) in [6.45, 7) is 4.31. The smallest absolute Gasteiger partial charge is 0.306 e. The first-order valence-corrected chi connectivity index (χ1v) is 20.0. The number of carboxylic acid groups (broad SMARTS) is 1. The van der Waals surface area contributed by atoms with Crippen LogP contribution in [0.2, 0.25) is 0 Å². The average Bonchev–Trinajstić information content (AvgIpc) is 3.12. The summed E-state index contributed by atoms with van der Waals surface area (Å²) in [6, 6.07) is -0.752. The number of aliphatic carboxylic acids is 1. The largest absolute Gasteiger partial charge is 0.544 e. The van der Waals surface area contributed by atoms with Crippen molar-refractivity contribution in [2.24, 2.45) is 0 Å². The average molecular weight is 750 g/mol. The fourth-order valence-electron chi connectivity index (χ4n) is 4.91. The Bertz CT molecular complexity index is 1240. The number of hydrogen-bond acceptors (Lipinski definition) is 7. The van der Waals surface area contributed by atoms with Gasteiger partial charge in [0.05, 0.1) is 40.3 Å². The van der Waals surface area contributed by atoms with Crippen molar-refractivity contribution in [2.75, 3.05) is 41.0 Å². The van der Waals surface area contributed by atoms with Crippen LogP contribution in [-0.2, 0) is 28.6 Å². The number of rotatable bonds is 33. The SMILES string of the molecule is CC/C=C/C=C/C=C/C=C/C=C/CCCC(=O)OCC(COCCC(C(=O)[O-])[N+](C)(C)C)OC(=O)CCC/C=C/C/C=C/C/C=C/C/C=C/CCCCC. The second-order valence-electron chi connectivity index (χ2n) is 13.9. The van der Waals surface area contributed by atoms with Crippen LogP contribution in [0.25, 0.3) is 0 Å². The van der Waals surface area contributed by atoms with E-state index >= 15 is 0 Å².